The molecule has 3 rings (SSSR count). The van der Waals surface area contributed by atoms with E-state index < -0.39 is 0 Å². The molecule has 3 aromatic rings. The van der Waals surface area contributed by atoms with Gasteiger partial charge >= 0.3 is 0 Å². The van der Waals surface area contributed by atoms with Crippen LogP contribution in [0.2, 0.25) is 0 Å². The molecule has 0 bridgehead atoms. The van der Waals surface area contributed by atoms with Crippen LogP contribution in [0.25, 0.3) is 22.1 Å². The summed E-state index contributed by atoms with van der Waals surface area (Å²) in [6, 6.07) is 4.26. The smallest absolute Gasteiger partial charge is 0.258 e. The van der Waals surface area contributed by atoms with Crippen molar-refractivity contribution in [3.8, 4) is 0 Å². The van der Waals surface area contributed by atoms with Crippen LogP contribution in [0.4, 0.5) is 5.95 Å². The van der Waals surface area contributed by atoms with Gasteiger partial charge in [0.25, 0.3) is 5.95 Å². The normalized spacial score (nSPS) is 11.3. The van der Waals surface area contributed by atoms with Crippen molar-refractivity contribution in [2.75, 3.05) is 5.43 Å². The summed E-state index contributed by atoms with van der Waals surface area (Å²) in [5.74, 6) is 5.64. The van der Waals surface area contributed by atoms with Crippen LogP contribution in [0.5, 0.6) is 0 Å². The third-order valence-electron chi connectivity index (χ3n) is 3.15. The van der Waals surface area contributed by atoms with Gasteiger partial charge < -0.3 is 4.57 Å². The van der Waals surface area contributed by atoms with Gasteiger partial charge in [-0.3, -0.25) is 5.43 Å². The van der Waals surface area contributed by atoms with E-state index >= 15 is 0 Å². The molecule has 0 spiro atoms. The molecule has 0 amide bonds. The highest BCUT2D eigenvalue weighted by atomic mass is 15.4. The minimum Gasteiger partial charge on any atom is -0.327 e. The number of nitrogens with one attached hydrogen (secondary N) is 1. The van der Waals surface area contributed by atoms with Crippen LogP contribution in [0.15, 0.2) is 12.1 Å². The molecule has 3 N–H and O–H groups in total. The lowest BCUT2D eigenvalue weighted by atomic mass is 10.1. The SMILES string of the molecule is Cc1cc(C)c2c(c1)c1nnc(NN)nc1n2C. The summed E-state index contributed by atoms with van der Waals surface area (Å²) in [5.41, 5.74) is 7.54. The Kier molecular flexibility index (Phi) is 2.21. The third-order valence-corrected chi connectivity index (χ3v) is 3.15. The van der Waals surface area contributed by atoms with Crippen LogP contribution >= 0.6 is 0 Å². The highest BCUT2D eigenvalue weighted by Crippen LogP contribution is 2.28. The van der Waals surface area contributed by atoms with E-state index in [2.05, 4.69) is 46.6 Å². The molecule has 0 aliphatic carbocycles. The molecule has 92 valence electrons. The summed E-state index contributed by atoms with van der Waals surface area (Å²) < 4.78 is 2.02. The highest BCUT2D eigenvalue weighted by molar-refractivity contribution is 6.05. The molecular weight excluding hydrogens is 228 g/mol. The molecule has 0 aliphatic heterocycles. The summed E-state index contributed by atoms with van der Waals surface area (Å²) in [7, 11) is 1.97. The van der Waals surface area contributed by atoms with E-state index in [1.54, 1.807) is 0 Å². The average molecular weight is 242 g/mol. The minimum absolute atomic E-state index is 0.322. The molecule has 0 radical (unpaired) electrons. The van der Waals surface area contributed by atoms with Gasteiger partial charge in [-0.1, -0.05) is 11.6 Å². The van der Waals surface area contributed by atoms with Gasteiger partial charge in [0.2, 0.25) is 0 Å². The Labute approximate surface area is 104 Å². The molecule has 0 atom stereocenters. The Morgan fingerprint density at radius 1 is 1.22 bits per heavy atom. The van der Waals surface area contributed by atoms with E-state index in [9.17, 15) is 0 Å². The van der Waals surface area contributed by atoms with Gasteiger partial charge in [0.15, 0.2) is 5.65 Å². The first kappa shape index (κ1) is 10.9. The van der Waals surface area contributed by atoms with Crippen molar-refractivity contribution in [1.82, 2.24) is 19.7 Å². The second-order valence-corrected chi connectivity index (χ2v) is 4.49. The van der Waals surface area contributed by atoms with Crippen molar-refractivity contribution < 1.29 is 0 Å². The van der Waals surface area contributed by atoms with Gasteiger partial charge in [0.1, 0.15) is 5.52 Å². The first-order valence-electron chi connectivity index (χ1n) is 5.68. The number of hydrogen-bond acceptors (Lipinski definition) is 5. The Bertz CT molecular complexity index is 758. The number of rotatable bonds is 1. The lowest BCUT2D eigenvalue weighted by Gasteiger charge is -2.02. The lowest BCUT2D eigenvalue weighted by molar-refractivity contribution is 0.946. The molecule has 6 heteroatoms. The van der Waals surface area contributed by atoms with Crippen molar-refractivity contribution in [3.05, 3.63) is 23.3 Å². The molecule has 0 fully saturated rings. The second kappa shape index (κ2) is 3.64. The predicted molar refractivity (Wildman–Crippen MR) is 71.1 cm³/mol. The fraction of sp³-hybridized carbons (Fsp3) is 0.250. The number of aromatic nitrogens is 4. The number of anilines is 1. The van der Waals surface area contributed by atoms with E-state index in [1.807, 2.05) is 11.6 Å². The molecule has 6 nitrogen and oxygen atoms in total. The van der Waals surface area contributed by atoms with Crippen molar-refractivity contribution >= 4 is 28.0 Å². The topological polar surface area (TPSA) is 81.7 Å². The standard InChI is InChI=1S/C12H14N6/c1-6-4-7(2)10-8(5-6)9-11(18(10)3)14-12(15-13)17-16-9/h4-5H,13H2,1-3H3,(H,14,15,17). The zero-order chi connectivity index (χ0) is 12.9. The van der Waals surface area contributed by atoms with Crippen LogP contribution in [-0.4, -0.2) is 19.7 Å². The van der Waals surface area contributed by atoms with E-state index in [1.165, 1.54) is 11.1 Å². The van der Waals surface area contributed by atoms with Crippen LogP contribution in [0.1, 0.15) is 11.1 Å². The number of nitrogens with two attached hydrogens (primary N) is 1. The van der Waals surface area contributed by atoms with Gasteiger partial charge in [0, 0.05) is 12.4 Å². The van der Waals surface area contributed by atoms with Crippen LogP contribution < -0.4 is 11.3 Å². The summed E-state index contributed by atoms with van der Waals surface area (Å²) in [6.45, 7) is 4.16. The maximum absolute atomic E-state index is 5.31. The summed E-state index contributed by atoms with van der Waals surface area (Å²) in [5, 5.41) is 9.22. The number of nitrogens with zero attached hydrogens (tertiary/aromatic N) is 4. The van der Waals surface area contributed by atoms with E-state index in [0.29, 0.717) is 5.95 Å². The summed E-state index contributed by atoms with van der Waals surface area (Å²) >= 11 is 0. The largest absolute Gasteiger partial charge is 0.327 e. The van der Waals surface area contributed by atoms with Gasteiger partial charge in [-0.15, -0.1) is 10.2 Å². The van der Waals surface area contributed by atoms with Crippen LogP contribution in [0, 0.1) is 13.8 Å². The van der Waals surface area contributed by atoms with Crippen LogP contribution in [0.3, 0.4) is 0 Å². The monoisotopic (exact) mass is 242 g/mol. The van der Waals surface area contributed by atoms with Crippen molar-refractivity contribution in [2.24, 2.45) is 12.9 Å². The Morgan fingerprint density at radius 3 is 2.72 bits per heavy atom. The molecule has 18 heavy (non-hydrogen) atoms. The van der Waals surface area contributed by atoms with Gasteiger partial charge in [0.05, 0.1) is 5.52 Å². The average Bonchev–Trinajstić information content (AvgIpc) is 2.62. The van der Waals surface area contributed by atoms with Crippen molar-refractivity contribution in [1.29, 1.82) is 0 Å². The van der Waals surface area contributed by atoms with Crippen molar-refractivity contribution in [2.45, 2.75) is 13.8 Å². The van der Waals surface area contributed by atoms with E-state index in [0.717, 1.165) is 22.1 Å². The predicted octanol–water partition coefficient (Wildman–Crippen LogP) is 1.42. The van der Waals surface area contributed by atoms with Gasteiger partial charge in [-0.05, 0) is 25.5 Å². The molecule has 0 saturated heterocycles. The van der Waals surface area contributed by atoms with Gasteiger partial charge in [-0.2, -0.15) is 4.98 Å². The maximum Gasteiger partial charge on any atom is 0.258 e. The van der Waals surface area contributed by atoms with Crippen LogP contribution in [-0.2, 0) is 7.05 Å². The Hall–Kier alpha value is -2.21. The van der Waals surface area contributed by atoms with Gasteiger partial charge in [-0.25, -0.2) is 5.84 Å². The third kappa shape index (κ3) is 1.36. The zero-order valence-electron chi connectivity index (χ0n) is 10.5. The molecule has 0 unspecified atom stereocenters. The molecular formula is C12H14N6. The first-order valence-corrected chi connectivity index (χ1v) is 5.68. The lowest BCUT2D eigenvalue weighted by Crippen LogP contribution is -2.11. The maximum atomic E-state index is 5.31. The zero-order valence-corrected chi connectivity index (χ0v) is 10.5. The molecule has 2 heterocycles. The number of aryl methyl sites for hydroxylation is 3. The highest BCUT2D eigenvalue weighted by Gasteiger charge is 2.14. The summed E-state index contributed by atoms with van der Waals surface area (Å²) in [4.78, 5) is 4.35. The van der Waals surface area contributed by atoms with E-state index in [4.69, 9.17) is 5.84 Å². The number of nitrogen functional groups attached to an aromatic ring is 1. The number of hydrazine groups is 1. The quantitative estimate of drug-likeness (QED) is 0.498. The number of hydrogen-bond donors (Lipinski definition) is 2. The summed E-state index contributed by atoms with van der Waals surface area (Å²) in [6.07, 6.45) is 0. The molecule has 2 aromatic heterocycles. The second-order valence-electron chi connectivity index (χ2n) is 4.49. The molecule has 0 saturated carbocycles. The Morgan fingerprint density at radius 2 is 2.00 bits per heavy atom. The fourth-order valence-electron chi connectivity index (χ4n) is 2.48. The Balaban J connectivity index is 2.53. The minimum atomic E-state index is 0.322. The molecule has 1 aromatic carbocycles. The number of fused-ring (bicyclic) bond motifs is 3. The molecule has 0 aliphatic rings. The fourth-order valence-corrected chi connectivity index (χ4v) is 2.48. The van der Waals surface area contributed by atoms with Crippen molar-refractivity contribution in [3.63, 3.8) is 0 Å². The first-order chi connectivity index (χ1) is 8.61. The van der Waals surface area contributed by atoms with E-state index in [-0.39, 0.29) is 0 Å². The number of benzene rings is 1.